The van der Waals surface area contributed by atoms with Gasteiger partial charge in [-0.05, 0) is 17.5 Å². The van der Waals surface area contributed by atoms with Crippen LogP contribution in [0, 0.1) is 17.2 Å². The van der Waals surface area contributed by atoms with Gasteiger partial charge in [-0.15, -0.1) is 0 Å². The molecule has 0 aliphatic heterocycles. The van der Waals surface area contributed by atoms with E-state index in [-0.39, 0.29) is 11.8 Å². The van der Waals surface area contributed by atoms with Crippen LogP contribution in [0.3, 0.4) is 0 Å². The van der Waals surface area contributed by atoms with E-state index in [0.29, 0.717) is 12.1 Å². The SMILES string of the molecule is CC(C)[C@H](N)C(=O)NCc1ccccc1C#N. The molecule has 0 bridgehead atoms. The van der Waals surface area contributed by atoms with Crippen molar-refractivity contribution in [2.45, 2.75) is 26.4 Å². The second-order valence-electron chi connectivity index (χ2n) is 4.26. The molecule has 0 radical (unpaired) electrons. The summed E-state index contributed by atoms with van der Waals surface area (Å²) in [5.74, 6) is -0.0889. The molecule has 0 unspecified atom stereocenters. The maximum atomic E-state index is 11.6. The Balaban J connectivity index is 2.62. The number of nitrogens with one attached hydrogen (secondary N) is 1. The molecule has 0 saturated carbocycles. The van der Waals surface area contributed by atoms with Crippen molar-refractivity contribution in [1.82, 2.24) is 5.32 Å². The van der Waals surface area contributed by atoms with Crippen molar-refractivity contribution < 1.29 is 4.79 Å². The lowest BCUT2D eigenvalue weighted by molar-refractivity contribution is -0.123. The highest BCUT2D eigenvalue weighted by molar-refractivity contribution is 5.81. The molecule has 4 heteroatoms. The summed E-state index contributed by atoms with van der Waals surface area (Å²) < 4.78 is 0. The van der Waals surface area contributed by atoms with Crippen LogP contribution in [0.4, 0.5) is 0 Å². The van der Waals surface area contributed by atoms with E-state index >= 15 is 0 Å². The van der Waals surface area contributed by atoms with Crippen molar-refractivity contribution in [2.75, 3.05) is 0 Å². The molecular formula is C13H17N3O. The molecule has 17 heavy (non-hydrogen) atoms. The van der Waals surface area contributed by atoms with Gasteiger partial charge in [0.15, 0.2) is 0 Å². The maximum Gasteiger partial charge on any atom is 0.237 e. The molecule has 90 valence electrons. The molecule has 0 aliphatic carbocycles. The number of nitriles is 1. The van der Waals surface area contributed by atoms with Gasteiger partial charge in [0.2, 0.25) is 5.91 Å². The number of rotatable bonds is 4. The first-order chi connectivity index (χ1) is 8.06. The second kappa shape index (κ2) is 6.02. The Morgan fingerprint density at radius 1 is 1.47 bits per heavy atom. The van der Waals surface area contributed by atoms with Crippen LogP contribution in [0.1, 0.15) is 25.0 Å². The highest BCUT2D eigenvalue weighted by Crippen LogP contribution is 2.07. The van der Waals surface area contributed by atoms with E-state index < -0.39 is 6.04 Å². The Hall–Kier alpha value is -1.86. The molecule has 0 aromatic heterocycles. The fourth-order valence-corrected chi connectivity index (χ4v) is 1.39. The summed E-state index contributed by atoms with van der Waals surface area (Å²) in [5.41, 5.74) is 7.10. The summed E-state index contributed by atoms with van der Waals surface area (Å²) in [7, 11) is 0. The third kappa shape index (κ3) is 3.58. The molecule has 1 aromatic rings. The molecule has 0 saturated heterocycles. The number of hydrogen-bond acceptors (Lipinski definition) is 3. The van der Waals surface area contributed by atoms with Crippen molar-refractivity contribution in [2.24, 2.45) is 11.7 Å². The van der Waals surface area contributed by atoms with Gasteiger partial charge in [0.05, 0.1) is 17.7 Å². The van der Waals surface area contributed by atoms with E-state index in [2.05, 4.69) is 11.4 Å². The molecule has 0 spiro atoms. The van der Waals surface area contributed by atoms with Gasteiger partial charge in [-0.25, -0.2) is 0 Å². The third-order valence-corrected chi connectivity index (χ3v) is 2.61. The molecule has 1 aromatic carbocycles. The van der Waals surface area contributed by atoms with Crippen LogP contribution in [0.15, 0.2) is 24.3 Å². The number of carbonyl (C=O) groups excluding carboxylic acids is 1. The average Bonchev–Trinajstić information content (AvgIpc) is 2.35. The van der Waals surface area contributed by atoms with Crippen molar-refractivity contribution in [1.29, 1.82) is 5.26 Å². The molecule has 0 aliphatic rings. The van der Waals surface area contributed by atoms with Crippen LogP contribution in [0.25, 0.3) is 0 Å². The number of nitrogens with two attached hydrogens (primary N) is 1. The second-order valence-corrected chi connectivity index (χ2v) is 4.26. The lowest BCUT2D eigenvalue weighted by Gasteiger charge is -2.15. The first-order valence-corrected chi connectivity index (χ1v) is 5.57. The maximum absolute atomic E-state index is 11.6. The van der Waals surface area contributed by atoms with E-state index in [0.717, 1.165) is 5.56 Å². The predicted molar refractivity (Wildman–Crippen MR) is 65.8 cm³/mol. The third-order valence-electron chi connectivity index (χ3n) is 2.61. The minimum atomic E-state index is -0.510. The number of hydrogen-bond donors (Lipinski definition) is 2. The minimum absolute atomic E-state index is 0.0983. The van der Waals surface area contributed by atoms with E-state index in [4.69, 9.17) is 11.0 Å². The number of carbonyl (C=O) groups is 1. The van der Waals surface area contributed by atoms with Crippen molar-refractivity contribution >= 4 is 5.91 Å². The van der Waals surface area contributed by atoms with Gasteiger partial charge in [-0.1, -0.05) is 32.0 Å². The molecule has 1 atom stereocenters. The van der Waals surface area contributed by atoms with Gasteiger partial charge in [-0.2, -0.15) is 5.26 Å². The van der Waals surface area contributed by atoms with Crippen molar-refractivity contribution in [3.8, 4) is 6.07 Å². The summed E-state index contributed by atoms with van der Waals surface area (Å²) in [6, 6.07) is 8.76. The largest absolute Gasteiger partial charge is 0.351 e. The van der Waals surface area contributed by atoms with E-state index in [1.54, 1.807) is 12.1 Å². The lowest BCUT2D eigenvalue weighted by Crippen LogP contribution is -2.43. The minimum Gasteiger partial charge on any atom is -0.351 e. The van der Waals surface area contributed by atoms with Crippen LogP contribution in [0.2, 0.25) is 0 Å². The highest BCUT2D eigenvalue weighted by atomic mass is 16.2. The molecule has 1 rings (SSSR count). The van der Waals surface area contributed by atoms with Crippen LogP contribution in [-0.2, 0) is 11.3 Å². The standard InChI is InChI=1S/C13H17N3O/c1-9(2)12(15)13(17)16-8-11-6-4-3-5-10(11)7-14/h3-6,9,12H,8,15H2,1-2H3,(H,16,17)/t12-/m0/s1. The topological polar surface area (TPSA) is 78.9 Å². The Labute approximate surface area is 101 Å². The van der Waals surface area contributed by atoms with E-state index in [1.807, 2.05) is 26.0 Å². The van der Waals surface area contributed by atoms with Crippen molar-refractivity contribution in [3.05, 3.63) is 35.4 Å². The van der Waals surface area contributed by atoms with Gasteiger partial charge < -0.3 is 11.1 Å². The van der Waals surface area contributed by atoms with Crippen LogP contribution in [0.5, 0.6) is 0 Å². The molecule has 0 fully saturated rings. The van der Waals surface area contributed by atoms with Gasteiger partial charge in [0.25, 0.3) is 0 Å². The summed E-state index contributed by atoms with van der Waals surface area (Å²) in [4.78, 5) is 11.6. The lowest BCUT2D eigenvalue weighted by atomic mass is 10.0. The van der Waals surface area contributed by atoms with E-state index in [9.17, 15) is 4.79 Å². The Bertz CT molecular complexity index is 435. The fourth-order valence-electron chi connectivity index (χ4n) is 1.39. The molecule has 3 N–H and O–H groups in total. The summed E-state index contributed by atoms with van der Waals surface area (Å²) >= 11 is 0. The molecule has 0 heterocycles. The van der Waals surface area contributed by atoms with Crippen molar-refractivity contribution in [3.63, 3.8) is 0 Å². The Morgan fingerprint density at radius 3 is 2.71 bits per heavy atom. The number of benzene rings is 1. The highest BCUT2D eigenvalue weighted by Gasteiger charge is 2.16. The number of nitrogens with zero attached hydrogens (tertiary/aromatic N) is 1. The van der Waals surface area contributed by atoms with Gasteiger partial charge >= 0.3 is 0 Å². The zero-order chi connectivity index (χ0) is 12.8. The average molecular weight is 231 g/mol. The van der Waals surface area contributed by atoms with Gasteiger partial charge in [-0.3, -0.25) is 4.79 Å². The first kappa shape index (κ1) is 13.2. The van der Waals surface area contributed by atoms with Crippen LogP contribution in [-0.4, -0.2) is 11.9 Å². The zero-order valence-corrected chi connectivity index (χ0v) is 10.1. The normalized spacial score (nSPS) is 11.9. The van der Waals surface area contributed by atoms with E-state index in [1.165, 1.54) is 0 Å². The molecule has 4 nitrogen and oxygen atoms in total. The quantitative estimate of drug-likeness (QED) is 0.816. The fraction of sp³-hybridized carbons (Fsp3) is 0.385. The zero-order valence-electron chi connectivity index (χ0n) is 10.1. The summed E-state index contributed by atoms with van der Waals surface area (Å²) in [6.45, 7) is 4.13. The summed E-state index contributed by atoms with van der Waals surface area (Å²) in [5, 5.41) is 11.6. The smallest absolute Gasteiger partial charge is 0.237 e. The molecular weight excluding hydrogens is 214 g/mol. The van der Waals surface area contributed by atoms with Gasteiger partial charge in [0, 0.05) is 6.54 Å². The first-order valence-electron chi connectivity index (χ1n) is 5.57. The predicted octanol–water partition coefficient (Wildman–Crippen LogP) is 1.16. The number of amides is 1. The van der Waals surface area contributed by atoms with Crippen LogP contribution < -0.4 is 11.1 Å². The molecule has 1 amide bonds. The Kier molecular flexibility index (Phi) is 4.68. The monoisotopic (exact) mass is 231 g/mol. The van der Waals surface area contributed by atoms with Crippen LogP contribution >= 0.6 is 0 Å². The Morgan fingerprint density at radius 2 is 2.12 bits per heavy atom. The van der Waals surface area contributed by atoms with Gasteiger partial charge in [0.1, 0.15) is 0 Å². The summed E-state index contributed by atoms with van der Waals surface area (Å²) in [6.07, 6.45) is 0.